The lowest BCUT2D eigenvalue weighted by Gasteiger charge is -2.19. The van der Waals surface area contributed by atoms with E-state index in [0.29, 0.717) is 16.8 Å². The van der Waals surface area contributed by atoms with Crippen molar-refractivity contribution in [2.24, 2.45) is 0 Å². The second-order valence-corrected chi connectivity index (χ2v) is 5.20. The molecule has 3 N–H and O–H groups in total. The maximum Gasteiger partial charge on any atom is 0.492 e. The fourth-order valence-corrected chi connectivity index (χ4v) is 2.38. The van der Waals surface area contributed by atoms with Crippen LogP contribution < -0.4 is 10.8 Å². The molecule has 3 rings (SSSR count). The Hall–Kier alpha value is -2.12. The minimum Gasteiger partial charge on any atom is -0.423 e. The van der Waals surface area contributed by atoms with E-state index in [1.807, 2.05) is 19.9 Å². The van der Waals surface area contributed by atoms with E-state index in [0.717, 1.165) is 5.56 Å². The average Bonchev–Trinajstić information content (AvgIpc) is 2.97. The van der Waals surface area contributed by atoms with Crippen LogP contribution >= 0.6 is 0 Å². The molecule has 2 aromatic rings. The van der Waals surface area contributed by atoms with Crippen LogP contribution in [-0.4, -0.2) is 28.2 Å². The van der Waals surface area contributed by atoms with Crippen molar-refractivity contribution in [3.8, 4) is 0 Å². The Labute approximate surface area is 116 Å². The first kappa shape index (κ1) is 12.9. The molecule has 2 heterocycles. The number of carbonyl (C=O) groups excluding carboxylic acids is 1. The fraction of sp³-hybridized carbons (Fsp3) is 0.231. The summed E-state index contributed by atoms with van der Waals surface area (Å²) in [5.41, 5.74) is 1.97. The summed E-state index contributed by atoms with van der Waals surface area (Å²) in [4.78, 5) is 11.9. The SMILES string of the molecule is CC1(C)OB(O)c2cc(NC(=O)c3cc[nH]n3)ccc21. The molecule has 1 aliphatic heterocycles. The second-order valence-electron chi connectivity index (χ2n) is 5.20. The molecule has 0 atom stereocenters. The zero-order chi connectivity index (χ0) is 14.3. The lowest BCUT2D eigenvalue weighted by atomic mass is 9.78. The van der Waals surface area contributed by atoms with Gasteiger partial charge in [-0.25, -0.2) is 0 Å². The van der Waals surface area contributed by atoms with Gasteiger partial charge in [0.15, 0.2) is 0 Å². The predicted molar refractivity (Wildman–Crippen MR) is 74.7 cm³/mol. The normalized spacial score (nSPS) is 16.1. The summed E-state index contributed by atoms with van der Waals surface area (Å²) in [6.45, 7) is 3.79. The van der Waals surface area contributed by atoms with Crippen LogP contribution in [0.2, 0.25) is 0 Å². The Morgan fingerprint density at radius 2 is 2.25 bits per heavy atom. The van der Waals surface area contributed by atoms with Crippen molar-refractivity contribution in [3.05, 3.63) is 41.7 Å². The van der Waals surface area contributed by atoms with Crippen LogP contribution in [-0.2, 0) is 10.3 Å². The largest absolute Gasteiger partial charge is 0.492 e. The summed E-state index contributed by atoms with van der Waals surface area (Å²) in [5, 5.41) is 19.0. The highest BCUT2D eigenvalue weighted by atomic mass is 16.5. The van der Waals surface area contributed by atoms with Crippen molar-refractivity contribution in [3.63, 3.8) is 0 Å². The molecule has 1 amide bonds. The molecule has 0 saturated heterocycles. The lowest BCUT2D eigenvalue weighted by Crippen LogP contribution is -2.29. The number of aromatic nitrogens is 2. The third-order valence-corrected chi connectivity index (χ3v) is 3.36. The van der Waals surface area contributed by atoms with Crippen molar-refractivity contribution in [1.29, 1.82) is 0 Å². The zero-order valence-corrected chi connectivity index (χ0v) is 11.2. The quantitative estimate of drug-likeness (QED) is 0.698. The van der Waals surface area contributed by atoms with Crippen LogP contribution in [0.1, 0.15) is 29.9 Å². The average molecular weight is 271 g/mol. The van der Waals surface area contributed by atoms with Crippen LogP contribution in [0, 0.1) is 0 Å². The number of amides is 1. The summed E-state index contributed by atoms with van der Waals surface area (Å²) in [7, 11) is -0.970. The predicted octanol–water partition coefficient (Wildman–Crippen LogP) is 0.615. The lowest BCUT2D eigenvalue weighted by molar-refractivity contribution is 0.100. The van der Waals surface area contributed by atoms with Crippen molar-refractivity contribution in [2.45, 2.75) is 19.4 Å². The third-order valence-electron chi connectivity index (χ3n) is 3.36. The van der Waals surface area contributed by atoms with Gasteiger partial charge in [0.25, 0.3) is 5.91 Å². The maximum atomic E-state index is 11.9. The highest BCUT2D eigenvalue weighted by molar-refractivity contribution is 6.62. The summed E-state index contributed by atoms with van der Waals surface area (Å²) in [6.07, 6.45) is 1.58. The number of anilines is 1. The minimum absolute atomic E-state index is 0.307. The Morgan fingerprint density at radius 1 is 1.45 bits per heavy atom. The summed E-state index contributed by atoms with van der Waals surface area (Å²) >= 11 is 0. The number of hydrogen-bond donors (Lipinski definition) is 3. The Morgan fingerprint density at radius 3 is 2.95 bits per heavy atom. The van der Waals surface area contributed by atoms with Crippen LogP contribution in [0.15, 0.2) is 30.5 Å². The third kappa shape index (κ3) is 2.11. The van der Waals surface area contributed by atoms with E-state index in [2.05, 4.69) is 15.5 Å². The maximum absolute atomic E-state index is 11.9. The van der Waals surface area contributed by atoms with Gasteiger partial charge >= 0.3 is 7.12 Å². The molecular weight excluding hydrogens is 257 g/mol. The molecule has 0 saturated carbocycles. The summed E-state index contributed by atoms with van der Waals surface area (Å²) < 4.78 is 5.48. The molecule has 0 unspecified atom stereocenters. The number of fused-ring (bicyclic) bond motifs is 1. The van der Waals surface area contributed by atoms with E-state index < -0.39 is 12.7 Å². The molecule has 7 heteroatoms. The standard InChI is InChI=1S/C13H14BN3O3/c1-13(2)9-4-3-8(7-10(9)14(19)20-13)16-12(18)11-5-6-15-17-11/h3-7,19H,1-2H3,(H,15,17)(H,16,18). The van der Waals surface area contributed by atoms with Gasteiger partial charge in [-0.3, -0.25) is 9.89 Å². The van der Waals surface area contributed by atoms with Gasteiger partial charge in [0.2, 0.25) is 0 Å². The van der Waals surface area contributed by atoms with Gasteiger partial charge in [-0.1, -0.05) is 6.07 Å². The minimum atomic E-state index is -0.970. The van der Waals surface area contributed by atoms with Gasteiger partial charge in [-0.2, -0.15) is 5.10 Å². The first-order chi connectivity index (χ1) is 9.47. The first-order valence-corrected chi connectivity index (χ1v) is 6.29. The van der Waals surface area contributed by atoms with Gasteiger partial charge in [0, 0.05) is 11.9 Å². The van der Waals surface area contributed by atoms with E-state index in [1.54, 1.807) is 24.4 Å². The zero-order valence-electron chi connectivity index (χ0n) is 11.2. The van der Waals surface area contributed by atoms with E-state index >= 15 is 0 Å². The monoisotopic (exact) mass is 271 g/mol. The van der Waals surface area contributed by atoms with E-state index in [1.165, 1.54) is 0 Å². The number of carbonyl (C=O) groups is 1. The Bertz CT molecular complexity index is 655. The van der Waals surface area contributed by atoms with Gasteiger partial charge in [0.1, 0.15) is 5.69 Å². The van der Waals surface area contributed by atoms with E-state index in [-0.39, 0.29) is 5.91 Å². The number of nitrogens with one attached hydrogen (secondary N) is 2. The molecule has 6 nitrogen and oxygen atoms in total. The first-order valence-electron chi connectivity index (χ1n) is 6.29. The summed E-state index contributed by atoms with van der Waals surface area (Å²) in [5.74, 6) is -0.307. The van der Waals surface area contributed by atoms with Gasteiger partial charge in [-0.15, -0.1) is 0 Å². The van der Waals surface area contributed by atoms with E-state index in [4.69, 9.17) is 4.65 Å². The molecule has 20 heavy (non-hydrogen) atoms. The smallest absolute Gasteiger partial charge is 0.423 e. The molecule has 1 aliphatic rings. The van der Waals surface area contributed by atoms with Crippen molar-refractivity contribution >= 4 is 24.2 Å². The number of rotatable bonds is 2. The molecule has 102 valence electrons. The molecule has 0 radical (unpaired) electrons. The Kier molecular flexibility index (Phi) is 2.88. The number of H-pyrrole nitrogens is 1. The van der Waals surface area contributed by atoms with Crippen molar-refractivity contribution in [1.82, 2.24) is 10.2 Å². The van der Waals surface area contributed by atoms with Gasteiger partial charge in [-0.05, 0) is 43.1 Å². The molecule has 1 aromatic carbocycles. The molecule has 0 fully saturated rings. The van der Waals surface area contributed by atoms with Gasteiger partial charge in [0.05, 0.1) is 5.60 Å². The van der Waals surface area contributed by atoms with Crippen LogP contribution in [0.4, 0.5) is 5.69 Å². The number of aromatic amines is 1. The molecule has 0 spiro atoms. The Balaban J connectivity index is 1.87. The van der Waals surface area contributed by atoms with E-state index in [9.17, 15) is 9.82 Å². The fourth-order valence-electron chi connectivity index (χ4n) is 2.38. The number of hydrogen-bond acceptors (Lipinski definition) is 4. The molecule has 0 bridgehead atoms. The van der Waals surface area contributed by atoms with Crippen molar-refractivity contribution in [2.75, 3.05) is 5.32 Å². The van der Waals surface area contributed by atoms with Gasteiger partial charge < -0.3 is 15.0 Å². The number of nitrogens with zero attached hydrogens (tertiary/aromatic N) is 1. The molecule has 1 aromatic heterocycles. The van der Waals surface area contributed by atoms with Crippen LogP contribution in [0.25, 0.3) is 0 Å². The molecular formula is C13H14BN3O3. The van der Waals surface area contributed by atoms with Crippen LogP contribution in [0.3, 0.4) is 0 Å². The number of benzene rings is 1. The molecule has 0 aliphatic carbocycles. The topological polar surface area (TPSA) is 87.2 Å². The van der Waals surface area contributed by atoms with Crippen molar-refractivity contribution < 1.29 is 14.5 Å². The summed E-state index contributed by atoms with van der Waals surface area (Å²) in [6, 6.07) is 6.95. The highest BCUT2D eigenvalue weighted by Crippen LogP contribution is 2.30. The highest BCUT2D eigenvalue weighted by Gasteiger charge is 2.40. The second kappa shape index (κ2) is 4.47. The van der Waals surface area contributed by atoms with Crippen LogP contribution in [0.5, 0.6) is 0 Å².